The Morgan fingerprint density at radius 1 is 0.944 bits per heavy atom. The molecule has 4 aliphatic carbocycles. The standard InChI is InChI=1S/C32H41NO2S/c1-30(2)19-34-32(35-20-30)14-12-24-23(17-32)10-11-25-27-5-4-13-31(27,3)18-26(28(24)25)21-6-8-22(9-7-21)29-33-15-16-36-29/h6-9,15-16,23,25-27H,4-5,10-14,17-20H2,1-3H3/t23-,25-,26+,27-,31-/m0/s1. The summed E-state index contributed by atoms with van der Waals surface area (Å²) in [7, 11) is 0. The smallest absolute Gasteiger partial charge is 0.169 e. The van der Waals surface area contributed by atoms with E-state index >= 15 is 0 Å². The summed E-state index contributed by atoms with van der Waals surface area (Å²) in [6.45, 7) is 8.78. The van der Waals surface area contributed by atoms with Gasteiger partial charge in [-0.2, -0.15) is 0 Å². The van der Waals surface area contributed by atoms with Gasteiger partial charge in [0.15, 0.2) is 5.79 Å². The summed E-state index contributed by atoms with van der Waals surface area (Å²) < 4.78 is 13.0. The average molecular weight is 504 g/mol. The molecule has 0 N–H and O–H groups in total. The number of nitrogens with zero attached hydrogens (tertiary/aromatic N) is 1. The van der Waals surface area contributed by atoms with Gasteiger partial charge in [0.1, 0.15) is 5.01 Å². The summed E-state index contributed by atoms with van der Waals surface area (Å²) in [4.78, 5) is 4.54. The topological polar surface area (TPSA) is 31.4 Å². The van der Waals surface area contributed by atoms with E-state index in [4.69, 9.17) is 9.47 Å². The second-order valence-electron chi connectivity index (χ2n) is 13.6. The van der Waals surface area contributed by atoms with E-state index in [1.54, 1.807) is 16.9 Å². The van der Waals surface area contributed by atoms with Gasteiger partial charge in [0.25, 0.3) is 0 Å². The SMILES string of the molecule is CC1(C)COC2(CCC3=C4[C@@H](CC[C@H]3C2)[C@@H]2CCC[C@@]2(C)C[C@@H]4c2ccc(-c3nccs3)cc2)OC1. The molecule has 3 saturated carbocycles. The van der Waals surface area contributed by atoms with Crippen LogP contribution in [0.4, 0.5) is 0 Å². The lowest BCUT2D eigenvalue weighted by Crippen LogP contribution is -2.51. The van der Waals surface area contributed by atoms with Crippen LogP contribution in [0.5, 0.6) is 0 Å². The maximum Gasteiger partial charge on any atom is 0.169 e. The zero-order valence-electron chi connectivity index (χ0n) is 22.2. The molecule has 0 bridgehead atoms. The second-order valence-corrected chi connectivity index (χ2v) is 14.5. The molecule has 1 aliphatic heterocycles. The fourth-order valence-corrected chi connectivity index (χ4v) is 9.40. The largest absolute Gasteiger partial charge is 0.349 e. The van der Waals surface area contributed by atoms with E-state index in [1.807, 2.05) is 11.8 Å². The highest BCUT2D eigenvalue weighted by molar-refractivity contribution is 7.13. The van der Waals surface area contributed by atoms with E-state index in [-0.39, 0.29) is 11.2 Å². The Hall–Kier alpha value is -1.49. The Morgan fingerprint density at radius 3 is 2.50 bits per heavy atom. The molecule has 2 heterocycles. The summed E-state index contributed by atoms with van der Waals surface area (Å²) in [5.74, 6) is 2.53. The van der Waals surface area contributed by atoms with E-state index in [2.05, 4.69) is 55.4 Å². The molecule has 4 heteroatoms. The van der Waals surface area contributed by atoms with Crippen LogP contribution < -0.4 is 0 Å². The van der Waals surface area contributed by atoms with E-state index in [0.29, 0.717) is 17.3 Å². The lowest BCUT2D eigenvalue weighted by molar-refractivity contribution is -0.312. The molecule has 1 saturated heterocycles. The van der Waals surface area contributed by atoms with Crippen molar-refractivity contribution in [2.75, 3.05) is 13.2 Å². The van der Waals surface area contributed by atoms with Crippen molar-refractivity contribution in [3.05, 3.63) is 52.6 Å². The Balaban J connectivity index is 1.24. The third-order valence-corrected chi connectivity index (χ3v) is 11.4. The molecule has 1 aromatic heterocycles. The molecule has 192 valence electrons. The van der Waals surface area contributed by atoms with Gasteiger partial charge in [-0.15, -0.1) is 11.3 Å². The van der Waals surface area contributed by atoms with Crippen molar-refractivity contribution in [2.24, 2.45) is 28.6 Å². The minimum Gasteiger partial charge on any atom is -0.349 e. The first-order valence-corrected chi connectivity index (χ1v) is 15.2. The maximum atomic E-state index is 6.50. The summed E-state index contributed by atoms with van der Waals surface area (Å²) in [6.07, 6.45) is 13.4. The van der Waals surface area contributed by atoms with Crippen molar-refractivity contribution in [2.45, 2.75) is 90.3 Å². The lowest BCUT2D eigenvalue weighted by atomic mass is 9.52. The Labute approximate surface area is 220 Å². The number of hydrogen-bond acceptors (Lipinski definition) is 4. The number of rotatable bonds is 2. The fourth-order valence-electron chi connectivity index (χ4n) is 8.76. The van der Waals surface area contributed by atoms with E-state index in [1.165, 1.54) is 49.7 Å². The van der Waals surface area contributed by atoms with Crippen LogP contribution >= 0.6 is 11.3 Å². The van der Waals surface area contributed by atoms with Gasteiger partial charge in [-0.1, -0.05) is 62.6 Å². The van der Waals surface area contributed by atoms with Gasteiger partial charge in [-0.3, -0.25) is 0 Å². The number of allylic oxidation sites excluding steroid dienone is 2. The molecule has 4 fully saturated rings. The molecule has 0 unspecified atom stereocenters. The van der Waals surface area contributed by atoms with Crippen LogP contribution in [-0.2, 0) is 9.47 Å². The molecule has 0 amide bonds. The first kappa shape index (κ1) is 23.6. The first-order chi connectivity index (χ1) is 17.3. The Morgan fingerprint density at radius 2 is 1.75 bits per heavy atom. The van der Waals surface area contributed by atoms with Gasteiger partial charge < -0.3 is 9.47 Å². The number of hydrogen-bond donors (Lipinski definition) is 0. The van der Waals surface area contributed by atoms with Crippen molar-refractivity contribution < 1.29 is 9.47 Å². The van der Waals surface area contributed by atoms with Crippen molar-refractivity contribution in [1.29, 1.82) is 0 Å². The third kappa shape index (κ3) is 3.85. The highest BCUT2D eigenvalue weighted by Crippen LogP contribution is 2.65. The number of fused-ring (bicyclic) bond motifs is 4. The normalized spacial score (nSPS) is 36.9. The minimum atomic E-state index is -0.335. The Kier molecular flexibility index (Phi) is 5.58. The van der Waals surface area contributed by atoms with Crippen LogP contribution in [0.15, 0.2) is 47.0 Å². The van der Waals surface area contributed by atoms with E-state index in [0.717, 1.165) is 49.3 Å². The molecule has 3 nitrogen and oxygen atoms in total. The predicted molar refractivity (Wildman–Crippen MR) is 146 cm³/mol. The van der Waals surface area contributed by atoms with Gasteiger partial charge in [0, 0.05) is 41.3 Å². The van der Waals surface area contributed by atoms with E-state index in [9.17, 15) is 0 Å². The van der Waals surface area contributed by atoms with Crippen molar-refractivity contribution >= 4 is 11.3 Å². The average Bonchev–Trinajstić information content (AvgIpc) is 3.55. The maximum absolute atomic E-state index is 6.50. The third-order valence-electron chi connectivity index (χ3n) is 10.6. The predicted octanol–water partition coefficient (Wildman–Crippen LogP) is 8.38. The van der Waals surface area contributed by atoms with Crippen molar-refractivity contribution in [3.63, 3.8) is 0 Å². The lowest BCUT2D eigenvalue weighted by Gasteiger charge is -2.54. The summed E-state index contributed by atoms with van der Waals surface area (Å²) in [6, 6.07) is 9.49. The minimum absolute atomic E-state index is 0.133. The van der Waals surface area contributed by atoms with Crippen LogP contribution in [0.25, 0.3) is 10.6 Å². The molecule has 5 atom stereocenters. The monoisotopic (exact) mass is 503 g/mol. The zero-order chi connectivity index (χ0) is 24.5. The Bertz CT molecular complexity index is 1140. The molecule has 7 rings (SSSR count). The second kappa shape index (κ2) is 8.51. The van der Waals surface area contributed by atoms with Gasteiger partial charge in [-0.05, 0) is 67.3 Å². The fraction of sp³-hybridized carbons (Fsp3) is 0.656. The van der Waals surface area contributed by atoms with Crippen LogP contribution in [-0.4, -0.2) is 24.0 Å². The van der Waals surface area contributed by atoms with Crippen molar-refractivity contribution in [1.82, 2.24) is 4.98 Å². The molecule has 1 aromatic carbocycles. The highest BCUT2D eigenvalue weighted by atomic mass is 32.1. The highest BCUT2D eigenvalue weighted by Gasteiger charge is 2.55. The molecule has 0 radical (unpaired) electrons. The number of ether oxygens (including phenoxy) is 2. The number of thiazole rings is 1. The molecule has 36 heavy (non-hydrogen) atoms. The van der Waals surface area contributed by atoms with Gasteiger partial charge in [0.2, 0.25) is 0 Å². The van der Waals surface area contributed by atoms with Crippen LogP contribution in [0.3, 0.4) is 0 Å². The molecular weight excluding hydrogens is 462 g/mol. The van der Waals surface area contributed by atoms with Gasteiger partial charge in [0.05, 0.1) is 13.2 Å². The summed E-state index contributed by atoms with van der Waals surface area (Å²) >= 11 is 1.73. The van der Waals surface area contributed by atoms with Crippen LogP contribution in [0.2, 0.25) is 0 Å². The van der Waals surface area contributed by atoms with Gasteiger partial charge >= 0.3 is 0 Å². The molecule has 5 aliphatic rings. The summed E-state index contributed by atoms with van der Waals surface area (Å²) in [5.41, 5.74) is 7.06. The molecular formula is C32H41NO2S. The van der Waals surface area contributed by atoms with Gasteiger partial charge in [-0.25, -0.2) is 4.98 Å². The first-order valence-electron chi connectivity index (χ1n) is 14.4. The molecule has 1 spiro atoms. The molecule has 2 aromatic rings. The summed E-state index contributed by atoms with van der Waals surface area (Å²) in [5, 5.41) is 3.19. The van der Waals surface area contributed by atoms with E-state index < -0.39 is 0 Å². The quantitative estimate of drug-likeness (QED) is 0.386. The van der Waals surface area contributed by atoms with Crippen LogP contribution in [0, 0.1) is 28.6 Å². The van der Waals surface area contributed by atoms with Crippen LogP contribution in [0.1, 0.15) is 90.0 Å². The van der Waals surface area contributed by atoms with Crippen molar-refractivity contribution in [3.8, 4) is 10.6 Å². The number of benzene rings is 1. The number of aromatic nitrogens is 1. The zero-order valence-corrected chi connectivity index (χ0v) is 23.0.